The molecule has 0 aliphatic heterocycles. The van der Waals surface area contributed by atoms with Gasteiger partial charge in [0.2, 0.25) is 5.91 Å². The first kappa shape index (κ1) is 11.7. The van der Waals surface area contributed by atoms with Crippen LogP contribution in [0.1, 0.15) is 33.1 Å². The fourth-order valence-corrected chi connectivity index (χ4v) is 1.60. The van der Waals surface area contributed by atoms with Crippen molar-refractivity contribution in [3.8, 4) is 0 Å². The molecule has 1 atom stereocenters. The monoisotopic (exact) mass is 207 g/mol. The second kappa shape index (κ2) is 5.49. The molecule has 3 nitrogen and oxygen atoms in total. The highest BCUT2D eigenvalue weighted by Crippen LogP contribution is 2.15. The van der Waals surface area contributed by atoms with E-state index in [2.05, 4.69) is 17.5 Å². The van der Waals surface area contributed by atoms with E-state index < -0.39 is 0 Å². The fourth-order valence-electron chi connectivity index (χ4n) is 1.60. The molecule has 0 radical (unpaired) electrons. The number of ketones is 1. The maximum Gasteiger partial charge on any atom is 0.217 e. The summed E-state index contributed by atoms with van der Waals surface area (Å²) in [6, 6.07) is -0.378. The first-order chi connectivity index (χ1) is 7.09. The number of carbonyl (C=O) groups excluding carboxylic acids is 2. The molecule has 1 amide bonds. The van der Waals surface area contributed by atoms with Gasteiger partial charge in [-0.05, 0) is 31.8 Å². The van der Waals surface area contributed by atoms with Gasteiger partial charge in [0.05, 0.1) is 6.04 Å². The maximum absolute atomic E-state index is 11.3. The molecule has 0 saturated carbocycles. The van der Waals surface area contributed by atoms with Crippen LogP contribution in [-0.4, -0.2) is 17.7 Å². The Morgan fingerprint density at radius 3 is 2.60 bits per heavy atom. The third kappa shape index (κ3) is 4.11. The zero-order chi connectivity index (χ0) is 11.3. The molecule has 82 valence electrons. The lowest BCUT2D eigenvalue weighted by atomic mass is 9.98. The Morgan fingerprint density at radius 2 is 2.13 bits per heavy atom. The zero-order valence-electron chi connectivity index (χ0n) is 9.25. The van der Waals surface area contributed by atoms with Gasteiger partial charge in [0.15, 0.2) is 5.78 Å². The van der Waals surface area contributed by atoms with Crippen molar-refractivity contribution in [2.75, 3.05) is 0 Å². The van der Waals surface area contributed by atoms with Gasteiger partial charge in [-0.3, -0.25) is 9.59 Å². The molecule has 1 N–H and O–H groups in total. The lowest BCUT2D eigenvalue weighted by Gasteiger charge is -2.16. The molecule has 1 rings (SSSR count). The van der Waals surface area contributed by atoms with E-state index >= 15 is 0 Å². The predicted octanol–water partition coefficient (Wildman–Crippen LogP) is 1.75. The van der Waals surface area contributed by atoms with E-state index in [4.69, 9.17) is 0 Å². The molecule has 1 aliphatic carbocycles. The Hall–Kier alpha value is -1.38. The van der Waals surface area contributed by atoms with Gasteiger partial charge in [-0.25, -0.2) is 0 Å². The second-order valence-corrected chi connectivity index (χ2v) is 3.83. The number of rotatable bonds is 4. The summed E-state index contributed by atoms with van der Waals surface area (Å²) >= 11 is 0. The molecule has 15 heavy (non-hydrogen) atoms. The van der Waals surface area contributed by atoms with Crippen LogP contribution in [0, 0.1) is 0 Å². The minimum Gasteiger partial charge on any atom is -0.346 e. The molecule has 0 aromatic rings. The van der Waals surface area contributed by atoms with Crippen LogP contribution in [0.25, 0.3) is 0 Å². The van der Waals surface area contributed by atoms with Crippen LogP contribution in [0.5, 0.6) is 0 Å². The molecule has 0 aromatic carbocycles. The van der Waals surface area contributed by atoms with Crippen molar-refractivity contribution >= 4 is 11.7 Å². The summed E-state index contributed by atoms with van der Waals surface area (Å²) in [5.41, 5.74) is 1.13. The molecule has 0 spiro atoms. The van der Waals surface area contributed by atoms with Crippen molar-refractivity contribution in [2.45, 2.75) is 39.2 Å². The normalized spacial score (nSPS) is 16.8. The number of hydrogen-bond acceptors (Lipinski definition) is 2. The van der Waals surface area contributed by atoms with Crippen LogP contribution < -0.4 is 5.32 Å². The minimum absolute atomic E-state index is 0.00470. The van der Waals surface area contributed by atoms with Crippen LogP contribution in [0.15, 0.2) is 23.8 Å². The van der Waals surface area contributed by atoms with Crippen molar-refractivity contribution in [1.29, 1.82) is 0 Å². The quantitative estimate of drug-likeness (QED) is 0.763. The van der Waals surface area contributed by atoms with Crippen molar-refractivity contribution in [1.82, 2.24) is 5.32 Å². The van der Waals surface area contributed by atoms with Gasteiger partial charge >= 0.3 is 0 Å². The SMILES string of the molecule is CC(=O)N[C@@H](CC1=CCCC=C1)C(C)=O. The third-order valence-electron chi connectivity index (χ3n) is 2.38. The van der Waals surface area contributed by atoms with E-state index in [1.54, 1.807) is 0 Å². The number of carbonyl (C=O) groups is 2. The van der Waals surface area contributed by atoms with Crippen molar-refractivity contribution < 1.29 is 9.59 Å². The van der Waals surface area contributed by atoms with Crippen LogP contribution in [0.4, 0.5) is 0 Å². The second-order valence-electron chi connectivity index (χ2n) is 3.83. The number of amides is 1. The Balaban J connectivity index is 2.58. The van der Waals surface area contributed by atoms with Crippen LogP contribution >= 0.6 is 0 Å². The summed E-state index contributed by atoms with van der Waals surface area (Å²) < 4.78 is 0. The molecule has 0 bridgehead atoms. The number of Topliss-reactive ketones (excluding diaryl/α,β-unsaturated/α-hetero) is 1. The molecular formula is C12H17NO2. The summed E-state index contributed by atoms with van der Waals surface area (Å²) in [6.45, 7) is 2.94. The van der Waals surface area contributed by atoms with Crippen molar-refractivity contribution in [2.24, 2.45) is 0 Å². The molecule has 0 saturated heterocycles. The standard InChI is InChI=1S/C12H17NO2/c1-9(14)12(13-10(2)15)8-11-6-4-3-5-7-11/h4,6-7,12H,3,5,8H2,1-2H3,(H,13,15)/t12-/m0/s1. The Kier molecular flexibility index (Phi) is 4.28. The van der Waals surface area contributed by atoms with E-state index in [9.17, 15) is 9.59 Å². The van der Waals surface area contributed by atoms with E-state index in [-0.39, 0.29) is 17.7 Å². The fraction of sp³-hybridized carbons (Fsp3) is 0.500. The first-order valence-corrected chi connectivity index (χ1v) is 5.22. The average Bonchev–Trinajstić information content (AvgIpc) is 2.17. The molecule has 0 unspecified atom stereocenters. The largest absolute Gasteiger partial charge is 0.346 e. The highest BCUT2D eigenvalue weighted by molar-refractivity contribution is 5.86. The summed E-state index contributed by atoms with van der Waals surface area (Å²) in [7, 11) is 0. The summed E-state index contributed by atoms with van der Waals surface area (Å²) in [5, 5.41) is 2.66. The Morgan fingerprint density at radius 1 is 1.40 bits per heavy atom. The van der Waals surface area contributed by atoms with Crippen LogP contribution in [0.3, 0.4) is 0 Å². The van der Waals surface area contributed by atoms with Gasteiger partial charge in [-0.15, -0.1) is 0 Å². The van der Waals surface area contributed by atoms with Gasteiger partial charge < -0.3 is 5.32 Å². The van der Waals surface area contributed by atoms with E-state index in [0.717, 1.165) is 18.4 Å². The molecule has 1 aliphatic rings. The lowest BCUT2D eigenvalue weighted by Crippen LogP contribution is -2.38. The maximum atomic E-state index is 11.3. The van der Waals surface area contributed by atoms with Crippen LogP contribution in [0.2, 0.25) is 0 Å². The highest BCUT2D eigenvalue weighted by Gasteiger charge is 2.16. The number of nitrogens with one attached hydrogen (secondary N) is 1. The van der Waals surface area contributed by atoms with Crippen molar-refractivity contribution in [3.05, 3.63) is 23.8 Å². The summed E-state index contributed by atoms with van der Waals surface area (Å²) in [6.07, 6.45) is 8.94. The van der Waals surface area contributed by atoms with Gasteiger partial charge in [0.1, 0.15) is 0 Å². The van der Waals surface area contributed by atoms with Gasteiger partial charge in [-0.1, -0.05) is 18.2 Å². The number of allylic oxidation sites excluding steroid dienone is 3. The van der Waals surface area contributed by atoms with Crippen LogP contribution in [-0.2, 0) is 9.59 Å². The Labute approximate surface area is 90.2 Å². The van der Waals surface area contributed by atoms with Gasteiger partial charge in [0, 0.05) is 6.92 Å². The third-order valence-corrected chi connectivity index (χ3v) is 2.38. The smallest absolute Gasteiger partial charge is 0.217 e. The number of hydrogen-bond donors (Lipinski definition) is 1. The van der Waals surface area contributed by atoms with Gasteiger partial charge in [0.25, 0.3) is 0 Å². The Bertz CT molecular complexity index is 316. The molecule has 0 heterocycles. The molecule has 3 heteroatoms. The zero-order valence-corrected chi connectivity index (χ0v) is 9.25. The molecule has 0 aromatic heterocycles. The van der Waals surface area contributed by atoms with Gasteiger partial charge in [-0.2, -0.15) is 0 Å². The summed E-state index contributed by atoms with van der Waals surface area (Å²) in [5.74, 6) is -0.152. The van der Waals surface area contributed by atoms with E-state index in [1.807, 2.05) is 6.08 Å². The minimum atomic E-state index is -0.378. The summed E-state index contributed by atoms with van der Waals surface area (Å²) in [4.78, 5) is 22.2. The van der Waals surface area contributed by atoms with E-state index in [0.29, 0.717) is 6.42 Å². The van der Waals surface area contributed by atoms with Crippen molar-refractivity contribution in [3.63, 3.8) is 0 Å². The van der Waals surface area contributed by atoms with E-state index in [1.165, 1.54) is 13.8 Å². The molecule has 0 fully saturated rings. The average molecular weight is 207 g/mol. The molecular weight excluding hydrogens is 190 g/mol. The first-order valence-electron chi connectivity index (χ1n) is 5.22. The lowest BCUT2D eigenvalue weighted by molar-refractivity contribution is -0.125. The predicted molar refractivity (Wildman–Crippen MR) is 59.4 cm³/mol. The topological polar surface area (TPSA) is 46.2 Å². The highest BCUT2D eigenvalue weighted by atomic mass is 16.2.